The zero-order chi connectivity index (χ0) is 26.2. The molecular formula is C28H33F2N7. The monoisotopic (exact) mass is 505 g/mol. The summed E-state index contributed by atoms with van der Waals surface area (Å²) in [5.74, 6) is -0.358. The molecule has 1 aliphatic rings. The number of hydrogen-bond acceptors (Lipinski definition) is 5. The van der Waals surface area contributed by atoms with Crippen LogP contribution in [-0.4, -0.2) is 41.0 Å². The van der Waals surface area contributed by atoms with E-state index >= 15 is 4.39 Å². The summed E-state index contributed by atoms with van der Waals surface area (Å²) in [6.45, 7) is 4.39. The number of aliphatic imine (C=N–C) groups is 1. The van der Waals surface area contributed by atoms with Crippen molar-refractivity contribution >= 4 is 17.3 Å². The van der Waals surface area contributed by atoms with E-state index in [0.717, 1.165) is 43.9 Å². The lowest BCUT2D eigenvalue weighted by Crippen LogP contribution is -2.39. The third kappa shape index (κ3) is 6.89. The van der Waals surface area contributed by atoms with Crippen LogP contribution in [0.4, 0.5) is 14.5 Å². The summed E-state index contributed by atoms with van der Waals surface area (Å²) < 4.78 is 28.7. The van der Waals surface area contributed by atoms with Gasteiger partial charge in [0, 0.05) is 37.6 Å². The number of guanidine groups is 1. The van der Waals surface area contributed by atoms with E-state index in [2.05, 4.69) is 30.5 Å². The van der Waals surface area contributed by atoms with Crippen LogP contribution in [0.15, 0.2) is 72.0 Å². The molecule has 0 aliphatic carbocycles. The van der Waals surface area contributed by atoms with Crippen LogP contribution in [-0.2, 0) is 6.54 Å². The number of hydrogen-bond donors (Lipinski definition) is 3. The zero-order valence-electron chi connectivity index (χ0n) is 21.2. The molecule has 0 spiro atoms. The Kier molecular flexibility index (Phi) is 8.79. The summed E-state index contributed by atoms with van der Waals surface area (Å²) >= 11 is 0. The summed E-state index contributed by atoms with van der Waals surface area (Å²) in [7, 11) is 1.60. The molecule has 1 saturated heterocycles. The molecule has 0 radical (unpaired) electrons. The lowest BCUT2D eigenvalue weighted by atomic mass is 9.91. The number of likely N-dealkylation sites (tertiary alicyclic amines) is 1. The van der Waals surface area contributed by atoms with Crippen molar-refractivity contribution in [3.05, 3.63) is 95.6 Å². The van der Waals surface area contributed by atoms with Gasteiger partial charge < -0.3 is 16.4 Å². The summed E-state index contributed by atoms with van der Waals surface area (Å²) in [6, 6.07) is 13.4. The van der Waals surface area contributed by atoms with Crippen molar-refractivity contribution in [2.24, 2.45) is 16.6 Å². The van der Waals surface area contributed by atoms with Gasteiger partial charge in [0.2, 0.25) is 0 Å². The smallest absolute Gasteiger partial charge is 0.188 e. The first-order chi connectivity index (χ1) is 18.0. The minimum atomic E-state index is -0.401. The molecule has 1 aromatic carbocycles. The summed E-state index contributed by atoms with van der Waals surface area (Å²) in [5, 5.41) is 6.58. The highest BCUT2D eigenvalue weighted by atomic mass is 19.1. The van der Waals surface area contributed by atoms with E-state index in [1.54, 1.807) is 31.4 Å². The van der Waals surface area contributed by atoms with E-state index in [1.165, 1.54) is 18.3 Å². The highest BCUT2D eigenvalue weighted by molar-refractivity contribution is 5.78. The number of pyridine rings is 2. The van der Waals surface area contributed by atoms with Gasteiger partial charge in [-0.3, -0.25) is 19.9 Å². The van der Waals surface area contributed by atoms with E-state index in [4.69, 9.17) is 5.73 Å². The molecule has 9 heteroatoms. The van der Waals surface area contributed by atoms with Crippen LogP contribution in [0.5, 0.6) is 0 Å². The normalized spacial score (nSPS) is 17.6. The van der Waals surface area contributed by atoms with Gasteiger partial charge in [0.1, 0.15) is 11.6 Å². The molecule has 3 heterocycles. The van der Waals surface area contributed by atoms with Crippen LogP contribution in [0.2, 0.25) is 0 Å². The van der Waals surface area contributed by atoms with Gasteiger partial charge in [-0.2, -0.15) is 0 Å². The minimum absolute atomic E-state index is 0.109. The number of nitrogens with two attached hydrogens (primary N) is 1. The summed E-state index contributed by atoms with van der Waals surface area (Å²) in [4.78, 5) is 15.0. The Morgan fingerprint density at radius 3 is 2.78 bits per heavy atom. The molecule has 2 atom stereocenters. The average molecular weight is 506 g/mol. The second kappa shape index (κ2) is 12.4. The number of allylic oxidation sites excluding steroid dienone is 1. The maximum absolute atomic E-state index is 15.3. The number of nitrogens with one attached hydrogen (secondary N) is 2. The van der Waals surface area contributed by atoms with Gasteiger partial charge in [0.25, 0.3) is 0 Å². The van der Waals surface area contributed by atoms with E-state index in [9.17, 15) is 4.39 Å². The summed E-state index contributed by atoms with van der Waals surface area (Å²) in [5.41, 5.74) is 9.60. The van der Waals surface area contributed by atoms with Gasteiger partial charge in [-0.15, -0.1) is 0 Å². The van der Waals surface area contributed by atoms with Crippen LogP contribution in [0.1, 0.15) is 42.8 Å². The fourth-order valence-corrected chi connectivity index (χ4v) is 4.65. The Morgan fingerprint density at radius 2 is 2.08 bits per heavy atom. The third-order valence-electron chi connectivity index (χ3n) is 6.46. The van der Waals surface area contributed by atoms with Crippen LogP contribution < -0.4 is 16.4 Å². The minimum Gasteiger partial charge on any atom is -0.370 e. The molecule has 4 N–H and O–H groups in total. The van der Waals surface area contributed by atoms with Crippen molar-refractivity contribution in [1.82, 2.24) is 20.2 Å². The molecule has 0 saturated carbocycles. The lowest BCUT2D eigenvalue weighted by molar-refractivity contribution is 0.296. The molecule has 0 amide bonds. The highest BCUT2D eigenvalue weighted by Gasteiger charge is 2.33. The number of anilines is 1. The number of benzene rings is 1. The lowest BCUT2D eigenvalue weighted by Gasteiger charge is -2.27. The van der Waals surface area contributed by atoms with Crippen molar-refractivity contribution in [2.45, 2.75) is 32.4 Å². The van der Waals surface area contributed by atoms with Crippen LogP contribution in [0.3, 0.4) is 0 Å². The molecule has 0 bridgehead atoms. The molecule has 37 heavy (non-hydrogen) atoms. The Morgan fingerprint density at radius 1 is 1.22 bits per heavy atom. The van der Waals surface area contributed by atoms with E-state index in [0.29, 0.717) is 16.9 Å². The van der Waals surface area contributed by atoms with Crippen molar-refractivity contribution in [1.29, 1.82) is 0 Å². The highest BCUT2D eigenvalue weighted by Crippen LogP contribution is 2.34. The topological polar surface area (TPSA) is 91.5 Å². The second-order valence-corrected chi connectivity index (χ2v) is 9.08. The molecule has 1 unspecified atom stereocenters. The number of rotatable bonds is 9. The first kappa shape index (κ1) is 26.2. The van der Waals surface area contributed by atoms with Gasteiger partial charge in [-0.05, 0) is 67.8 Å². The Bertz CT molecular complexity index is 1230. The van der Waals surface area contributed by atoms with Crippen molar-refractivity contribution in [2.75, 3.05) is 25.5 Å². The van der Waals surface area contributed by atoms with Crippen molar-refractivity contribution in [3.63, 3.8) is 0 Å². The molecule has 2 aromatic heterocycles. The van der Waals surface area contributed by atoms with Gasteiger partial charge in [0.15, 0.2) is 5.96 Å². The summed E-state index contributed by atoms with van der Waals surface area (Å²) in [6.07, 6.45) is 6.56. The quantitative estimate of drug-likeness (QED) is 0.288. The molecular weight excluding hydrogens is 472 g/mol. The van der Waals surface area contributed by atoms with Gasteiger partial charge >= 0.3 is 0 Å². The van der Waals surface area contributed by atoms with Gasteiger partial charge in [-0.1, -0.05) is 19.1 Å². The second-order valence-electron chi connectivity index (χ2n) is 9.08. The average Bonchev–Trinajstić information content (AvgIpc) is 3.37. The van der Waals surface area contributed by atoms with E-state index in [-0.39, 0.29) is 23.7 Å². The van der Waals surface area contributed by atoms with Crippen LogP contribution in [0, 0.1) is 17.6 Å². The SMILES string of the molecule is CC/C=C(/Nc1ccc(F)c([C@@H](NC(N)=NC)C2CCN(Cc3ccccn3)C2)c1)c1ccc(F)cn1. The first-order valence-corrected chi connectivity index (χ1v) is 12.5. The predicted molar refractivity (Wildman–Crippen MR) is 144 cm³/mol. The number of nitrogens with zero attached hydrogens (tertiary/aromatic N) is 4. The van der Waals surface area contributed by atoms with Gasteiger partial charge in [-0.25, -0.2) is 8.78 Å². The standard InChI is InChI=1S/C28H33F2N7/c1-3-6-26(25-11-8-20(29)16-34-25)35-21-9-10-24(30)23(15-21)27(36-28(31)32-2)19-12-14-37(17-19)18-22-7-4-5-13-33-22/h4-11,13,15-16,19,27,35H,3,12,14,17-18H2,1-2H3,(H3,31,32,36)/b26-6+/t19?,27-/m0/s1. The first-order valence-electron chi connectivity index (χ1n) is 12.5. The Balaban J connectivity index is 1.58. The van der Waals surface area contributed by atoms with Crippen molar-refractivity contribution < 1.29 is 8.78 Å². The molecule has 1 aliphatic heterocycles. The molecule has 1 fully saturated rings. The Hall–Kier alpha value is -3.85. The fourth-order valence-electron chi connectivity index (χ4n) is 4.65. The Labute approximate surface area is 216 Å². The predicted octanol–water partition coefficient (Wildman–Crippen LogP) is 4.72. The number of aromatic nitrogens is 2. The molecule has 4 rings (SSSR count). The van der Waals surface area contributed by atoms with E-state index in [1.807, 2.05) is 31.2 Å². The largest absolute Gasteiger partial charge is 0.370 e. The third-order valence-corrected chi connectivity index (χ3v) is 6.46. The molecule has 194 valence electrons. The maximum atomic E-state index is 15.3. The van der Waals surface area contributed by atoms with Crippen molar-refractivity contribution in [3.8, 4) is 0 Å². The van der Waals surface area contributed by atoms with E-state index < -0.39 is 5.82 Å². The fraction of sp³-hybridized carbons (Fsp3) is 0.321. The molecule has 7 nitrogen and oxygen atoms in total. The number of halogens is 2. The molecule has 3 aromatic rings. The van der Waals surface area contributed by atoms with Crippen LogP contribution >= 0.6 is 0 Å². The zero-order valence-corrected chi connectivity index (χ0v) is 21.2. The maximum Gasteiger partial charge on any atom is 0.188 e. The van der Waals surface area contributed by atoms with Gasteiger partial charge in [0.05, 0.1) is 29.3 Å². The van der Waals surface area contributed by atoms with Crippen LogP contribution in [0.25, 0.3) is 5.70 Å².